The van der Waals surface area contributed by atoms with Gasteiger partial charge in [-0.25, -0.2) is 0 Å². The van der Waals surface area contributed by atoms with Gasteiger partial charge in [-0.3, -0.25) is 0 Å². The van der Waals surface area contributed by atoms with Crippen molar-refractivity contribution in [3.63, 3.8) is 0 Å². The van der Waals surface area contributed by atoms with Gasteiger partial charge in [0.05, 0.1) is 7.11 Å². The zero-order valence-corrected chi connectivity index (χ0v) is 21.1. The van der Waals surface area contributed by atoms with E-state index in [2.05, 4.69) is 111 Å². The van der Waals surface area contributed by atoms with Crippen molar-refractivity contribution in [1.29, 1.82) is 0 Å². The van der Waals surface area contributed by atoms with Crippen molar-refractivity contribution >= 4 is 24.3 Å². The molecule has 0 aliphatic heterocycles. The molecule has 0 aliphatic rings. The Bertz CT molecular complexity index is 1020. The second kappa shape index (κ2) is 14.1. The second-order valence-corrected chi connectivity index (χ2v) is 9.48. The largest absolute Gasteiger partial charge is 0.497 e. The molecule has 0 fully saturated rings. The Labute approximate surface area is 201 Å². The van der Waals surface area contributed by atoms with Crippen molar-refractivity contribution < 1.29 is 4.74 Å². The van der Waals surface area contributed by atoms with Gasteiger partial charge in [-0.05, 0) is 31.0 Å². The molecule has 0 saturated heterocycles. The van der Waals surface area contributed by atoms with Gasteiger partial charge in [0.25, 0.3) is 0 Å². The maximum atomic E-state index is 5.56. The Kier molecular flexibility index (Phi) is 11.1. The SMILES string of the molecule is C=C/C=C\C=C(/C)C(c1ccccc1C(=C)OC)P(c1ccccc1)c1ccccc1.CC. The molecule has 3 aromatic rings. The molecular formula is C31H35OP. The molecule has 33 heavy (non-hydrogen) atoms. The number of ether oxygens (including phenoxy) is 1. The zero-order chi connectivity index (χ0) is 24.1. The highest BCUT2D eigenvalue weighted by atomic mass is 31.1. The minimum atomic E-state index is -0.721. The van der Waals surface area contributed by atoms with E-state index < -0.39 is 7.92 Å². The lowest BCUT2D eigenvalue weighted by Crippen LogP contribution is -2.19. The summed E-state index contributed by atoms with van der Waals surface area (Å²) in [6, 6.07) is 30.1. The first-order valence-corrected chi connectivity index (χ1v) is 12.8. The summed E-state index contributed by atoms with van der Waals surface area (Å²) in [4.78, 5) is 0. The van der Waals surface area contributed by atoms with Crippen LogP contribution in [0.3, 0.4) is 0 Å². The van der Waals surface area contributed by atoms with Crippen molar-refractivity contribution in [2.24, 2.45) is 0 Å². The standard InChI is InChI=1S/C29H29OP.C2H6/c1-5-6-9-16-23(2)29(28-22-15-14-21-27(28)24(3)30-4)31(25-17-10-7-11-18-25)26-19-12-8-13-20-26;1-2/h5-22,29H,1,3H2,2,4H3;1-2H3/b9-6-,23-16+;. The van der Waals surface area contributed by atoms with E-state index in [0.717, 1.165) is 5.56 Å². The number of allylic oxidation sites excluding steroid dienone is 5. The minimum absolute atomic E-state index is 0.164. The van der Waals surface area contributed by atoms with Crippen LogP contribution in [0.1, 0.15) is 37.6 Å². The van der Waals surface area contributed by atoms with Crippen LogP contribution in [0.25, 0.3) is 5.76 Å². The summed E-state index contributed by atoms with van der Waals surface area (Å²) in [5.41, 5.74) is 3.73. The Hall–Kier alpha value is -3.15. The van der Waals surface area contributed by atoms with Crippen molar-refractivity contribution in [2.75, 3.05) is 7.11 Å². The van der Waals surface area contributed by atoms with Gasteiger partial charge in [0.15, 0.2) is 0 Å². The average Bonchev–Trinajstić information content (AvgIpc) is 2.89. The third kappa shape index (κ3) is 6.91. The van der Waals surface area contributed by atoms with Crippen LogP contribution >= 0.6 is 7.92 Å². The molecule has 1 unspecified atom stereocenters. The van der Waals surface area contributed by atoms with E-state index in [4.69, 9.17) is 4.74 Å². The highest BCUT2D eigenvalue weighted by Crippen LogP contribution is 2.54. The van der Waals surface area contributed by atoms with Gasteiger partial charge in [0, 0.05) is 11.2 Å². The molecule has 0 radical (unpaired) electrons. The zero-order valence-electron chi connectivity index (χ0n) is 20.2. The smallest absolute Gasteiger partial charge is 0.119 e. The van der Waals surface area contributed by atoms with Crippen LogP contribution in [0, 0.1) is 0 Å². The summed E-state index contributed by atoms with van der Waals surface area (Å²) in [7, 11) is 0.960. The van der Waals surface area contributed by atoms with E-state index in [0.29, 0.717) is 5.76 Å². The third-order valence-corrected chi connectivity index (χ3v) is 8.08. The Morgan fingerprint density at radius 2 is 1.33 bits per heavy atom. The molecular weight excluding hydrogens is 419 g/mol. The Balaban J connectivity index is 0.00000187. The third-order valence-electron chi connectivity index (χ3n) is 5.17. The summed E-state index contributed by atoms with van der Waals surface area (Å²) in [5, 5.41) is 2.68. The summed E-state index contributed by atoms with van der Waals surface area (Å²) in [5.74, 6) is 0.686. The van der Waals surface area contributed by atoms with Crippen molar-refractivity contribution in [3.8, 4) is 0 Å². The van der Waals surface area contributed by atoms with E-state index in [1.165, 1.54) is 21.7 Å². The molecule has 0 aliphatic carbocycles. The topological polar surface area (TPSA) is 9.23 Å². The first kappa shape index (κ1) is 26.1. The molecule has 0 amide bonds. The van der Waals surface area contributed by atoms with E-state index in [-0.39, 0.29) is 5.66 Å². The highest BCUT2D eigenvalue weighted by Gasteiger charge is 2.29. The lowest BCUT2D eigenvalue weighted by Gasteiger charge is -2.31. The lowest BCUT2D eigenvalue weighted by molar-refractivity contribution is 0.371. The number of rotatable bonds is 9. The summed E-state index contributed by atoms with van der Waals surface area (Å²) in [6.45, 7) is 14.2. The molecule has 3 aromatic carbocycles. The van der Waals surface area contributed by atoms with E-state index in [1.54, 1.807) is 13.2 Å². The van der Waals surface area contributed by atoms with Crippen LogP contribution in [0.15, 0.2) is 128 Å². The maximum absolute atomic E-state index is 5.56. The molecule has 3 rings (SSSR count). The Morgan fingerprint density at radius 3 is 1.85 bits per heavy atom. The number of hydrogen-bond acceptors (Lipinski definition) is 1. The van der Waals surface area contributed by atoms with E-state index in [9.17, 15) is 0 Å². The van der Waals surface area contributed by atoms with Crippen molar-refractivity contribution in [2.45, 2.75) is 26.4 Å². The fraction of sp³-hybridized carbons (Fsp3) is 0.161. The Morgan fingerprint density at radius 1 is 0.818 bits per heavy atom. The quantitative estimate of drug-likeness (QED) is 0.180. The monoisotopic (exact) mass is 454 g/mol. The first-order chi connectivity index (χ1) is 16.2. The predicted molar refractivity (Wildman–Crippen MR) is 149 cm³/mol. The molecule has 0 aromatic heterocycles. The number of benzene rings is 3. The van der Waals surface area contributed by atoms with Gasteiger partial charge in [-0.15, -0.1) is 0 Å². The van der Waals surface area contributed by atoms with Crippen LogP contribution in [-0.2, 0) is 4.74 Å². The van der Waals surface area contributed by atoms with Gasteiger partial charge in [-0.1, -0.05) is 142 Å². The molecule has 1 atom stereocenters. The normalized spacial score (nSPS) is 12.1. The number of methoxy groups -OCH3 is 1. The fourth-order valence-electron chi connectivity index (χ4n) is 3.69. The molecule has 2 heteroatoms. The van der Waals surface area contributed by atoms with Gasteiger partial charge >= 0.3 is 0 Å². The maximum Gasteiger partial charge on any atom is 0.119 e. The van der Waals surface area contributed by atoms with E-state index in [1.807, 2.05) is 26.0 Å². The molecule has 1 nitrogen and oxygen atoms in total. The molecule has 0 saturated carbocycles. The number of hydrogen-bond donors (Lipinski definition) is 0. The fourth-order valence-corrected chi connectivity index (χ4v) is 6.57. The second-order valence-electron chi connectivity index (χ2n) is 7.19. The predicted octanol–water partition coefficient (Wildman–Crippen LogP) is 8.19. The average molecular weight is 455 g/mol. The molecule has 170 valence electrons. The van der Waals surface area contributed by atoms with Gasteiger partial charge in [0.1, 0.15) is 5.76 Å². The summed E-state index contributed by atoms with van der Waals surface area (Å²) in [6.07, 6.45) is 8.02. The van der Waals surface area contributed by atoms with E-state index >= 15 is 0 Å². The summed E-state index contributed by atoms with van der Waals surface area (Å²) < 4.78 is 5.56. The van der Waals surface area contributed by atoms with Crippen molar-refractivity contribution in [1.82, 2.24) is 0 Å². The minimum Gasteiger partial charge on any atom is -0.497 e. The van der Waals surface area contributed by atoms with Gasteiger partial charge in [-0.2, -0.15) is 0 Å². The molecule has 0 heterocycles. The van der Waals surface area contributed by atoms with Crippen LogP contribution in [-0.4, -0.2) is 7.11 Å². The highest BCUT2D eigenvalue weighted by molar-refractivity contribution is 7.73. The molecule has 0 N–H and O–H groups in total. The summed E-state index contributed by atoms with van der Waals surface area (Å²) >= 11 is 0. The van der Waals surface area contributed by atoms with Crippen LogP contribution in [0.4, 0.5) is 0 Å². The first-order valence-electron chi connectivity index (χ1n) is 11.3. The van der Waals surface area contributed by atoms with Crippen molar-refractivity contribution in [3.05, 3.63) is 139 Å². The van der Waals surface area contributed by atoms with Crippen LogP contribution in [0.5, 0.6) is 0 Å². The van der Waals surface area contributed by atoms with Crippen LogP contribution < -0.4 is 10.6 Å². The molecule has 0 spiro atoms. The lowest BCUT2D eigenvalue weighted by atomic mass is 9.98. The molecule has 0 bridgehead atoms. The van der Waals surface area contributed by atoms with Gasteiger partial charge in [0.2, 0.25) is 0 Å². The van der Waals surface area contributed by atoms with Crippen LogP contribution in [0.2, 0.25) is 0 Å². The van der Waals surface area contributed by atoms with Gasteiger partial charge < -0.3 is 4.74 Å².